The number of rotatable bonds is 6. The highest BCUT2D eigenvalue weighted by atomic mass is 32.2. The Kier molecular flexibility index (Phi) is 6.70. The summed E-state index contributed by atoms with van der Waals surface area (Å²) in [5, 5.41) is 21.3. The fourth-order valence-corrected chi connectivity index (χ4v) is 4.65. The molecule has 1 atom stereocenters. The summed E-state index contributed by atoms with van der Waals surface area (Å²) in [6, 6.07) is 2.84. The molecule has 28 heavy (non-hydrogen) atoms. The lowest BCUT2D eigenvalue weighted by Gasteiger charge is -2.31. The largest absolute Gasteiger partial charge is 0.465 e. The lowest BCUT2D eigenvalue weighted by molar-refractivity contribution is 0.0806. The van der Waals surface area contributed by atoms with Crippen molar-refractivity contribution in [2.75, 3.05) is 43.0 Å². The first-order valence-electron chi connectivity index (χ1n) is 9.29. The Hall–Kier alpha value is -1.95. The first-order chi connectivity index (χ1) is 13.3. The molecule has 2 fully saturated rings. The van der Waals surface area contributed by atoms with Crippen LogP contribution in [0.5, 0.6) is 0 Å². The summed E-state index contributed by atoms with van der Waals surface area (Å²) < 4.78 is 30.4. The van der Waals surface area contributed by atoms with Gasteiger partial charge in [0.25, 0.3) is 10.0 Å². The summed E-state index contributed by atoms with van der Waals surface area (Å²) in [4.78, 5) is 17.6. The van der Waals surface area contributed by atoms with Gasteiger partial charge < -0.3 is 25.2 Å². The van der Waals surface area contributed by atoms with Crippen LogP contribution in [0.2, 0.25) is 0 Å². The molecule has 0 aromatic carbocycles. The Morgan fingerprint density at radius 1 is 1.32 bits per heavy atom. The fourth-order valence-electron chi connectivity index (χ4n) is 3.45. The molecule has 2 saturated heterocycles. The average molecular weight is 414 g/mol. The van der Waals surface area contributed by atoms with Crippen LogP contribution >= 0.6 is 0 Å². The lowest BCUT2D eigenvalue weighted by Crippen LogP contribution is -2.41. The van der Waals surface area contributed by atoms with Gasteiger partial charge in [-0.15, -0.1) is 0 Å². The van der Waals surface area contributed by atoms with Gasteiger partial charge in [-0.1, -0.05) is 6.07 Å². The van der Waals surface area contributed by atoms with E-state index in [1.165, 1.54) is 10.5 Å². The predicted molar refractivity (Wildman–Crippen MR) is 102 cm³/mol. The van der Waals surface area contributed by atoms with E-state index in [1.807, 2.05) is 0 Å². The standard InChI is InChI=1S/C17H26N4O6S/c22-14-3-6-20(7-4-14)8-5-15(19-17(23)24)13-1-2-16(18-11-13)21-9-10-27-12-28(21,25)26/h1-2,11,14-15,19,22H,3-10,12H2,(H,23,24). The molecule has 3 heterocycles. The van der Waals surface area contributed by atoms with E-state index in [0.29, 0.717) is 31.0 Å². The van der Waals surface area contributed by atoms with Gasteiger partial charge in [0.1, 0.15) is 5.82 Å². The number of hydrogen-bond acceptors (Lipinski definition) is 7. The number of carbonyl (C=O) groups is 1. The summed E-state index contributed by atoms with van der Waals surface area (Å²) in [5.41, 5.74) is 0.675. The fraction of sp³-hybridized carbons (Fsp3) is 0.647. The molecule has 11 heteroatoms. The number of aliphatic hydroxyl groups is 1. The van der Waals surface area contributed by atoms with E-state index in [-0.39, 0.29) is 18.6 Å². The topological polar surface area (TPSA) is 132 Å². The van der Waals surface area contributed by atoms with E-state index >= 15 is 0 Å². The quantitative estimate of drug-likeness (QED) is 0.608. The second kappa shape index (κ2) is 9.03. The van der Waals surface area contributed by atoms with Gasteiger partial charge in [-0.25, -0.2) is 22.5 Å². The maximum absolute atomic E-state index is 12.1. The zero-order valence-corrected chi connectivity index (χ0v) is 16.3. The van der Waals surface area contributed by atoms with Crippen LogP contribution in [0.4, 0.5) is 10.6 Å². The number of likely N-dealkylation sites (tertiary alicyclic amines) is 1. The van der Waals surface area contributed by atoms with Crippen molar-refractivity contribution in [2.24, 2.45) is 0 Å². The Bertz CT molecular complexity index is 764. The minimum Gasteiger partial charge on any atom is -0.465 e. The van der Waals surface area contributed by atoms with Crippen molar-refractivity contribution in [3.05, 3.63) is 23.9 Å². The SMILES string of the molecule is O=C(O)NC(CCN1CCC(O)CC1)c1ccc(N2CCOCS2(=O)=O)nc1. The van der Waals surface area contributed by atoms with Crippen LogP contribution < -0.4 is 9.62 Å². The molecule has 0 spiro atoms. The molecule has 2 aliphatic heterocycles. The molecule has 0 bridgehead atoms. The summed E-state index contributed by atoms with van der Waals surface area (Å²) in [7, 11) is -3.55. The molecule has 1 aromatic heterocycles. The predicted octanol–water partition coefficient (Wildman–Crippen LogP) is 0.361. The zero-order chi connectivity index (χ0) is 20.1. The maximum Gasteiger partial charge on any atom is 0.405 e. The van der Waals surface area contributed by atoms with Crippen LogP contribution in [0.25, 0.3) is 0 Å². The van der Waals surface area contributed by atoms with Gasteiger partial charge in [0.05, 0.1) is 25.3 Å². The molecule has 0 saturated carbocycles. The highest BCUT2D eigenvalue weighted by molar-refractivity contribution is 7.92. The van der Waals surface area contributed by atoms with Gasteiger partial charge in [0, 0.05) is 25.8 Å². The van der Waals surface area contributed by atoms with Crippen molar-refractivity contribution in [2.45, 2.75) is 31.4 Å². The van der Waals surface area contributed by atoms with E-state index in [9.17, 15) is 18.3 Å². The van der Waals surface area contributed by atoms with Crippen molar-refractivity contribution in [1.29, 1.82) is 0 Å². The summed E-state index contributed by atoms with van der Waals surface area (Å²) in [5.74, 6) is -0.0735. The normalized spacial score (nSPS) is 22.0. The number of pyridine rings is 1. The molecule has 156 valence electrons. The van der Waals surface area contributed by atoms with Crippen LogP contribution in [0.1, 0.15) is 30.9 Å². The highest BCUT2D eigenvalue weighted by Gasteiger charge is 2.28. The number of amides is 1. The second-order valence-corrected chi connectivity index (χ2v) is 8.86. The van der Waals surface area contributed by atoms with Crippen LogP contribution in [-0.4, -0.2) is 79.4 Å². The van der Waals surface area contributed by atoms with Crippen LogP contribution in [-0.2, 0) is 14.8 Å². The maximum atomic E-state index is 12.1. The van der Waals surface area contributed by atoms with E-state index in [2.05, 4.69) is 15.2 Å². The van der Waals surface area contributed by atoms with Gasteiger partial charge >= 0.3 is 6.09 Å². The molecule has 3 N–H and O–H groups in total. The highest BCUT2D eigenvalue weighted by Crippen LogP contribution is 2.23. The molecule has 2 aliphatic rings. The Morgan fingerprint density at radius 3 is 2.68 bits per heavy atom. The van der Waals surface area contributed by atoms with Gasteiger partial charge in [-0.2, -0.15) is 0 Å². The number of sulfonamides is 1. The summed E-state index contributed by atoms with van der Waals surface area (Å²) >= 11 is 0. The second-order valence-electron chi connectivity index (χ2n) is 7.02. The number of anilines is 1. The van der Waals surface area contributed by atoms with Gasteiger partial charge in [-0.05, 0) is 30.9 Å². The molecular formula is C17H26N4O6S. The molecule has 1 amide bonds. The number of hydrogen-bond donors (Lipinski definition) is 3. The van der Waals surface area contributed by atoms with E-state index in [1.54, 1.807) is 12.1 Å². The molecule has 3 rings (SSSR count). The van der Waals surface area contributed by atoms with Crippen molar-refractivity contribution in [3.8, 4) is 0 Å². The third kappa shape index (κ3) is 5.31. The van der Waals surface area contributed by atoms with Crippen molar-refractivity contribution in [1.82, 2.24) is 15.2 Å². The first-order valence-corrected chi connectivity index (χ1v) is 10.9. The molecule has 10 nitrogen and oxygen atoms in total. The number of carboxylic acid groups (broad SMARTS) is 1. The van der Waals surface area contributed by atoms with Crippen LogP contribution in [0.3, 0.4) is 0 Å². The Morgan fingerprint density at radius 2 is 2.07 bits per heavy atom. The first kappa shape index (κ1) is 20.8. The van der Waals surface area contributed by atoms with Gasteiger partial charge in [0.2, 0.25) is 0 Å². The number of nitrogens with one attached hydrogen (secondary N) is 1. The van der Waals surface area contributed by atoms with Crippen molar-refractivity contribution in [3.63, 3.8) is 0 Å². The molecule has 1 unspecified atom stereocenters. The third-order valence-electron chi connectivity index (χ3n) is 5.02. The van der Waals surface area contributed by atoms with E-state index < -0.39 is 22.2 Å². The number of nitrogens with zero attached hydrogens (tertiary/aromatic N) is 3. The molecule has 0 aliphatic carbocycles. The molecular weight excluding hydrogens is 388 g/mol. The Balaban J connectivity index is 1.67. The van der Waals surface area contributed by atoms with E-state index in [0.717, 1.165) is 25.9 Å². The van der Waals surface area contributed by atoms with Crippen LogP contribution in [0.15, 0.2) is 18.3 Å². The number of aliphatic hydroxyl groups excluding tert-OH is 1. The van der Waals surface area contributed by atoms with Crippen molar-refractivity contribution < 1.29 is 28.2 Å². The summed E-state index contributed by atoms with van der Waals surface area (Å²) in [6.45, 7) is 2.76. The zero-order valence-electron chi connectivity index (χ0n) is 15.5. The number of piperidine rings is 1. The van der Waals surface area contributed by atoms with Gasteiger partial charge in [-0.3, -0.25) is 0 Å². The van der Waals surface area contributed by atoms with Gasteiger partial charge in [0.15, 0.2) is 5.94 Å². The lowest BCUT2D eigenvalue weighted by atomic mass is 10.0. The van der Waals surface area contributed by atoms with Crippen LogP contribution in [0, 0.1) is 0 Å². The van der Waals surface area contributed by atoms with Crippen molar-refractivity contribution >= 4 is 21.9 Å². The summed E-state index contributed by atoms with van der Waals surface area (Å²) in [6.07, 6.45) is 2.14. The Labute approximate surface area is 164 Å². The monoisotopic (exact) mass is 414 g/mol. The molecule has 1 aromatic rings. The number of aromatic nitrogens is 1. The minimum absolute atomic E-state index is 0.201. The smallest absolute Gasteiger partial charge is 0.405 e. The third-order valence-corrected chi connectivity index (χ3v) is 6.53. The molecule has 0 radical (unpaired) electrons. The average Bonchev–Trinajstić information content (AvgIpc) is 2.66. The van der Waals surface area contributed by atoms with E-state index in [4.69, 9.17) is 9.84 Å². The number of ether oxygens (including phenoxy) is 1. The minimum atomic E-state index is -3.55.